The first-order valence-electron chi connectivity index (χ1n) is 7.21. The molecule has 1 aliphatic heterocycles. The van der Waals surface area contributed by atoms with Crippen LogP contribution in [-0.4, -0.2) is 24.6 Å². The zero-order valence-electron chi connectivity index (χ0n) is 13.1. The van der Waals surface area contributed by atoms with Crippen molar-refractivity contribution in [3.8, 4) is 0 Å². The Morgan fingerprint density at radius 2 is 1.96 bits per heavy atom. The van der Waals surface area contributed by atoms with Gasteiger partial charge in [-0.1, -0.05) is 23.7 Å². The third-order valence-corrected chi connectivity index (χ3v) is 3.78. The van der Waals surface area contributed by atoms with E-state index in [-0.39, 0.29) is 12.2 Å². The Balaban J connectivity index is 2.77. The van der Waals surface area contributed by atoms with Crippen molar-refractivity contribution in [2.24, 2.45) is 16.5 Å². The minimum Gasteiger partial charge on any atom is -0.463 e. The van der Waals surface area contributed by atoms with Gasteiger partial charge < -0.3 is 16.2 Å². The molecule has 0 amide bonds. The number of nitrogens with two attached hydrogens (primary N) is 2. The molecule has 0 fully saturated rings. The van der Waals surface area contributed by atoms with E-state index in [9.17, 15) is 18.0 Å². The number of hydrogen-bond acceptors (Lipinski definition) is 5. The van der Waals surface area contributed by atoms with Gasteiger partial charge in [0, 0.05) is 22.7 Å². The maximum absolute atomic E-state index is 13.4. The summed E-state index contributed by atoms with van der Waals surface area (Å²) in [5.41, 5.74) is 9.57. The van der Waals surface area contributed by atoms with Crippen molar-refractivity contribution in [1.29, 1.82) is 0 Å². The molecule has 1 aromatic rings. The summed E-state index contributed by atoms with van der Waals surface area (Å²) in [6, 6.07) is 5.96. The number of aliphatic imine (C=N–C) groups is 1. The Hall–Kier alpha value is -2.48. The van der Waals surface area contributed by atoms with Crippen LogP contribution in [0.3, 0.4) is 0 Å². The van der Waals surface area contributed by atoms with Crippen LogP contribution in [0, 0.1) is 0 Å². The molecule has 0 aromatic heterocycles. The van der Waals surface area contributed by atoms with Crippen LogP contribution in [0.5, 0.6) is 0 Å². The Kier molecular flexibility index (Phi) is 5.42. The minimum atomic E-state index is -4.89. The SMILES string of the molecule is CCOC(=O)C1=C(C(F)(F)F)N=C(N)/C(=C\N)C1c1ccc(Cl)cc1. The fourth-order valence-electron chi connectivity index (χ4n) is 2.51. The van der Waals surface area contributed by atoms with Crippen molar-refractivity contribution >= 4 is 23.4 Å². The number of nitrogens with zero attached hydrogens (tertiary/aromatic N) is 1. The summed E-state index contributed by atoms with van der Waals surface area (Å²) in [5, 5.41) is 0.386. The van der Waals surface area contributed by atoms with Crippen LogP contribution in [-0.2, 0) is 9.53 Å². The highest BCUT2D eigenvalue weighted by Gasteiger charge is 2.45. The number of halogens is 4. The number of carbonyl (C=O) groups excluding carboxylic acids is 1. The standard InChI is InChI=1S/C16H15ClF3N3O2/c1-2-25-15(24)12-11(8-3-5-9(17)6-4-8)10(7-21)14(22)23-13(12)16(18,19)20/h3-7,11H,2,21H2,1H3,(H2,22,23)/b10-7-. The molecule has 0 bridgehead atoms. The molecule has 0 saturated carbocycles. The van der Waals surface area contributed by atoms with Crippen molar-refractivity contribution in [3.05, 3.63) is 57.9 Å². The van der Waals surface area contributed by atoms with Crippen LogP contribution in [0.25, 0.3) is 0 Å². The van der Waals surface area contributed by atoms with Gasteiger partial charge in [-0.3, -0.25) is 0 Å². The van der Waals surface area contributed by atoms with Gasteiger partial charge in [0.25, 0.3) is 0 Å². The summed E-state index contributed by atoms with van der Waals surface area (Å²) in [5.74, 6) is -2.72. The van der Waals surface area contributed by atoms with Gasteiger partial charge in [-0.15, -0.1) is 0 Å². The van der Waals surface area contributed by atoms with Crippen LogP contribution in [0.2, 0.25) is 5.02 Å². The van der Waals surface area contributed by atoms with Gasteiger partial charge >= 0.3 is 12.1 Å². The summed E-state index contributed by atoms with van der Waals surface area (Å²) < 4.78 is 45.2. The van der Waals surface area contributed by atoms with E-state index in [1.54, 1.807) is 0 Å². The number of allylic oxidation sites excluding steroid dienone is 1. The molecule has 0 spiro atoms. The molecule has 0 radical (unpaired) electrons. The van der Waals surface area contributed by atoms with Crippen molar-refractivity contribution < 1.29 is 22.7 Å². The monoisotopic (exact) mass is 373 g/mol. The molecular weight excluding hydrogens is 359 g/mol. The number of alkyl halides is 3. The van der Waals surface area contributed by atoms with Gasteiger partial charge in [0.15, 0.2) is 5.70 Å². The van der Waals surface area contributed by atoms with Crippen molar-refractivity contribution in [2.45, 2.75) is 19.0 Å². The van der Waals surface area contributed by atoms with Crippen LogP contribution in [0.15, 0.2) is 52.3 Å². The van der Waals surface area contributed by atoms with Crippen molar-refractivity contribution in [2.75, 3.05) is 6.61 Å². The smallest absolute Gasteiger partial charge is 0.434 e. The molecule has 4 N–H and O–H groups in total. The molecule has 25 heavy (non-hydrogen) atoms. The van der Waals surface area contributed by atoms with Crippen molar-refractivity contribution in [1.82, 2.24) is 0 Å². The van der Waals surface area contributed by atoms with Gasteiger partial charge in [0.2, 0.25) is 0 Å². The summed E-state index contributed by atoms with van der Waals surface area (Å²) in [6.45, 7) is 1.39. The first-order chi connectivity index (χ1) is 11.7. The van der Waals surface area contributed by atoms with Gasteiger partial charge in [0.1, 0.15) is 5.84 Å². The Labute approximate surface area is 146 Å². The number of benzene rings is 1. The lowest BCUT2D eigenvalue weighted by Gasteiger charge is -2.28. The number of ether oxygens (including phenoxy) is 1. The quantitative estimate of drug-likeness (QED) is 0.797. The fourth-order valence-corrected chi connectivity index (χ4v) is 2.63. The molecule has 0 aliphatic carbocycles. The van der Waals surface area contributed by atoms with Gasteiger partial charge in [-0.05, 0) is 24.6 Å². The zero-order chi connectivity index (χ0) is 18.8. The third-order valence-electron chi connectivity index (χ3n) is 3.53. The minimum absolute atomic E-state index is 0.0818. The summed E-state index contributed by atoms with van der Waals surface area (Å²) >= 11 is 5.83. The maximum Gasteiger partial charge on any atom is 0.434 e. The molecule has 1 aromatic carbocycles. The average Bonchev–Trinajstić information content (AvgIpc) is 2.54. The highest BCUT2D eigenvalue weighted by atomic mass is 35.5. The molecule has 9 heteroatoms. The number of carbonyl (C=O) groups is 1. The topological polar surface area (TPSA) is 90.7 Å². The second-order valence-electron chi connectivity index (χ2n) is 5.08. The zero-order valence-corrected chi connectivity index (χ0v) is 13.9. The first-order valence-corrected chi connectivity index (χ1v) is 7.58. The van der Waals surface area contributed by atoms with E-state index in [0.717, 1.165) is 6.20 Å². The van der Waals surface area contributed by atoms with Crippen LogP contribution >= 0.6 is 11.6 Å². The Morgan fingerprint density at radius 3 is 2.44 bits per heavy atom. The average molecular weight is 374 g/mol. The lowest BCUT2D eigenvalue weighted by molar-refractivity contribution is -0.140. The molecule has 134 valence electrons. The number of rotatable bonds is 3. The fraction of sp³-hybridized carbons (Fsp3) is 0.250. The number of amidine groups is 1. The lowest BCUT2D eigenvalue weighted by Crippen LogP contribution is -2.33. The van der Waals surface area contributed by atoms with E-state index in [2.05, 4.69) is 4.99 Å². The molecule has 1 atom stereocenters. The van der Waals surface area contributed by atoms with E-state index < -0.39 is 35.2 Å². The molecule has 1 heterocycles. The Bertz CT molecular complexity index is 768. The highest BCUT2D eigenvalue weighted by molar-refractivity contribution is 6.30. The van der Waals surface area contributed by atoms with E-state index >= 15 is 0 Å². The molecular formula is C16H15ClF3N3O2. The van der Waals surface area contributed by atoms with E-state index in [4.69, 9.17) is 27.8 Å². The predicted octanol–water partition coefficient (Wildman–Crippen LogP) is 3.02. The highest BCUT2D eigenvalue weighted by Crippen LogP contribution is 2.43. The summed E-state index contributed by atoms with van der Waals surface area (Å²) in [4.78, 5) is 15.6. The molecule has 0 saturated heterocycles. The number of hydrogen-bond donors (Lipinski definition) is 2. The second-order valence-corrected chi connectivity index (χ2v) is 5.52. The van der Waals surface area contributed by atoms with Crippen molar-refractivity contribution in [3.63, 3.8) is 0 Å². The van der Waals surface area contributed by atoms with Crippen LogP contribution in [0.1, 0.15) is 18.4 Å². The lowest BCUT2D eigenvalue weighted by atomic mass is 9.81. The summed E-state index contributed by atoms with van der Waals surface area (Å²) in [7, 11) is 0. The first kappa shape index (κ1) is 18.9. The molecule has 5 nitrogen and oxygen atoms in total. The van der Waals surface area contributed by atoms with Gasteiger partial charge in [-0.25, -0.2) is 9.79 Å². The van der Waals surface area contributed by atoms with Gasteiger partial charge in [-0.2, -0.15) is 13.2 Å². The van der Waals surface area contributed by atoms with Crippen LogP contribution < -0.4 is 11.5 Å². The molecule has 1 aliphatic rings. The largest absolute Gasteiger partial charge is 0.463 e. The van der Waals surface area contributed by atoms with Gasteiger partial charge in [0.05, 0.1) is 12.2 Å². The maximum atomic E-state index is 13.4. The van der Waals surface area contributed by atoms with E-state index in [1.165, 1.54) is 31.2 Å². The second kappa shape index (κ2) is 7.18. The predicted molar refractivity (Wildman–Crippen MR) is 87.8 cm³/mol. The van der Waals surface area contributed by atoms with E-state index in [1.807, 2.05) is 0 Å². The molecule has 1 unspecified atom stereocenters. The van der Waals surface area contributed by atoms with Crippen LogP contribution in [0.4, 0.5) is 13.2 Å². The van der Waals surface area contributed by atoms with E-state index in [0.29, 0.717) is 10.6 Å². The normalized spacial score (nSPS) is 19.8. The molecule has 2 rings (SSSR count). The number of esters is 1. The Morgan fingerprint density at radius 1 is 1.36 bits per heavy atom. The summed E-state index contributed by atoms with van der Waals surface area (Å²) in [6.07, 6.45) is -3.86. The third kappa shape index (κ3) is 3.79.